The highest BCUT2D eigenvalue weighted by Crippen LogP contribution is 2.23. The van der Waals surface area contributed by atoms with E-state index in [0.29, 0.717) is 0 Å². The second-order valence-corrected chi connectivity index (χ2v) is 6.09. The van der Waals surface area contributed by atoms with Crippen molar-refractivity contribution < 1.29 is 9.13 Å². The number of hydrogen-bond donors (Lipinski definition) is 1. The van der Waals surface area contributed by atoms with Crippen LogP contribution < -0.4 is 5.32 Å². The molecule has 0 bridgehead atoms. The van der Waals surface area contributed by atoms with E-state index < -0.39 is 0 Å². The zero-order valence-electron chi connectivity index (χ0n) is 12.1. The first kappa shape index (κ1) is 16.4. The third-order valence-electron chi connectivity index (χ3n) is 3.31. The molecule has 0 saturated heterocycles. The van der Waals surface area contributed by atoms with Gasteiger partial charge in [-0.05, 0) is 36.5 Å². The van der Waals surface area contributed by atoms with Gasteiger partial charge < -0.3 is 10.1 Å². The molecular formula is C15H23ClFNO. The number of rotatable bonds is 7. The minimum absolute atomic E-state index is 0.139. The van der Waals surface area contributed by atoms with Crippen molar-refractivity contribution in [3.8, 4) is 0 Å². The summed E-state index contributed by atoms with van der Waals surface area (Å²) in [5.74, 6) is -0.377. The van der Waals surface area contributed by atoms with Gasteiger partial charge in [0.15, 0.2) is 0 Å². The standard InChI is InChI=1S/C15H23ClFNO/c1-11(12-5-6-14(17)13(16)9-12)18-10-15(2,3)7-8-19-4/h5-6,9,11,18H,7-8,10H2,1-4H3. The molecule has 0 fully saturated rings. The van der Waals surface area contributed by atoms with E-state index >= 15 is 0 Å². The summed E-state index contributed by atoms with van der Waals surface area (Å²) in [6.45, 7) is 8.07. The number of benzene rings is 1. The third-order valence-corrected chi connectivity index (χ3v) is 3.60. The van der Waals surface area contributed by atoms with Crippen LogP contribution in [0.25, 0.3) is 0 Å². The van der Waals surface area contributed by atoms with E-state index in [4.69, 9.17) is 16.3 Å². The number of methoxy groups -OCH3 is 1. The van der Waals surface area contributed by atoms with E-state index in [1.165, 1.54) is 6.07 Å². The second kappa shape index (κ2) is 7.22. The van der Waals surface area contributed by atoms with Gasteiger partial charge in [0, 0.05) is 26.3 Å². The number of hydrogen-bond acceptors (Lipinski definition) is 2. The van der Waals surface area contributed by atoms with Crippen LogP contribution in [0.5, 0.6) is 0 Å². The molecular weight excluding hydrogens is 265 g/mol. The molecule has 1 rings (SSSR count). The van der Waals surface area contributed by atoms with Gasteiger partial charge in [-0.3, -0.25) is 0 Å². The highest BCUT2D eigenvalue weighted by atomic mass is 35.5. The van der Waals surface area contributed by atoms with E-state index in [1.807, 2.05) is 0 Å². The lowest BCUT2D eigenvalue weighted by Gasteiger charge is -2.27. The molecule has 0 aromatic heterocycles. The molecule has 0 radical (unpaired) electrons. The first-order chi connectivity index (χ1) is 8.85. The van der Waals surface area contributed by atoms with Crippen LogP contribution in [0.4, 0.5) is 4.39 Å². The van der Waals surface area contributed by atoms with Gasteiger partial charge in [0.25, 0.3) is 0 Å². The Kier molecular flexibility index (Phi) is 6.24. The molecule has 0 amide bonds. The van der Waals surface area contributed by atoms with E-state index in [2.05, 4.69) is 26.1 Å². The van der Waals surface area contributed by atoms with E-state index in [-0.39, 0.29) is 22.3 Å². The Bertz CT molecular complexity index is 409. The second-order valence-electron chi connectivity index (χ2n) is 5.68. The number of nitrogens with one attached hydrogen (secondary N) is 1. The van der Waals surface area contributed by atoms with Gasteiger partial charge in [0.2, 0.25) is 0 Å². The minimum atomic E-state index is -0.377. The van der Waals surface area contributed by atoms with Gasteiger partial charge in [-0.1, -0.05) is 31.5 Å². The Labute approximate surface area is 120 Å². The predicted octanol–water partition coefficient (Wildman–Crippen LogP) is 4.19. The molecule has 1 unspecified atom stereocenters. The minimum Gasteiger partial charge on any atom is -0.385 e. The summed E-state index contributed by atoms with van der Waals surface area (Å²) in [5, 5.41) is 3.63. The summed E-state index contributed by atoms with van der Waals surface area (Å²) < 4.78 is 18.2. The number of halogens is 2. The van der Waals surface area contributed by atoms with Gasteiger partial charge in [-0.25, -0.2) is 4.39 Å². The topological polar surface area (TPSA) is 21.3 Å². The van der Waals surface area contributed by atoms with Crippen LogP contribution in [-0.2, 0) is 4.74 Å². The maximum absolute atomic E-state index is 13.1. The van der Waals surface area contributed by atoms with Crippen molar-refractivity contribution in [2.45, 2.75) is 33.2 Å². The molecule has 1 aromatic rings. The molecule has 1 atom stereocenters. The fourth-order valence-corrected chi connectivity index (χ4v) is 1.98. The lowest BCUT2D eigenvalue weighted by atomic mass is 9.89. The average molecular weight is 288 g/mol. The summed E-state index contributed by atoms with van der Waals surface area (Å²) in [6, 6.07) is 4.99. The quantitative estimate of drug-likeness (QED) is 0.812. The molecule has 108 valence electrons. The summed E-state index contributed by atoms with van der Waals surface area (Å²) >= 11 is 5.80. The van der Waals surface area contributed by atoms with Crippen LogP contribution in [0.1, 0.15) is 38.8 Å². The molecule has 0 saturated carbocycles. The van der Waals surface area contributed by atoms with E-state index in [9.17, 15) is 4.39 Å². The molecule has 0 heterocycles. The third kappa shape index (κ3) is 5.47. The Hall–Kier alpha value is -0.640. The molecule has 0 spiro atoms. The van der Waals surface area contributed by atoms with Crippen molar-refractivity contribution in [2.75, 3.05) is 20.3 Å². The molecule has 0 aliphatic rings. The van der Waals surface area contributed by atoms with Crippen LogP contribution in [0.15, 0.2) is 18.2 Å². The Morgan fingerprint density at radius 3 is 2.68 bits per heavy atom. The van der Waals surface area contributed by atoms with E-state index in [0.717, 1.165) is 25.1 Å². The van der Waals surface area contributed by atoms with Crippen LogP contribution in [0, 0.1) is 11.2 Å². The van der Waals surface area contributed by atoms with Crippen LogP contribution in [0.3, 0.4) is 0 Å². The molecule has 0 aliphatic heterocycles. The molecule has 2 nitrogen and oxygen atoms in total. The van der Waals surface area contributed by atoms with Gasteiger partial charge in [-0.15, -0.1) is 0 Å². The fraction of sp³-hybridized carbons (Fsp3) is 0.600. The molecule has 1 N–H and O–H groups in total. The van der Waals surface area contributed by atoms with Crippen molar-refractivity contribution in [1.29, 1.82) is 0 Å². The lowest BCUT2D eigenvalue weighted by molar-refractivity contribution is 0.149. The van der Waals surface area contributed by atoms with Crippen molar-refractivity contribution in [2.24, 2.45) is 5.41 Å². The lowest BCUT2D eigenvalue weighted by Crippen LogP contribution is -2.32. The first-order valence-corrected chi connectivity index (χ1v) is 6.91. The Morgan fingerprint density at radius 1 is 1.42 bits per heavy atom. The maximum atomic E-state index is 13.1. The molecule has 1 aromatic carbocycles. The molecule has 19 heavy (non-hydrogen) atoms. The molecule has 4 heteroatoms. The summed E-state index contributed by atoms with van der Waals surface area (Å²) in [5.41, 5.74) is 1.16. The highest BCUT2D eigenvalue weighted by molar-refractivity contribution is 6.30. The van der Waals surface area contributed by atoms with Crippen LogP contribution in [0.2, 0.25) is 5.02 Å². The monoisotopic (exact) mass is 287 g/mol. The highest BCUT2D eigenvalue weighted by Gasteiger charge is 2.19. The van der Waals surface area contributed by atoms with Crippen molar-refractivity contribution in [3.63, 3.8) is 0 Å². The summed E-state index contributed by atoms with van der Waals surface area (Å²) in [4.78, 5) is 0. The van der Waals surface area contributed by atoms with Crippen LogP contribution in [-0.4, -0.2) is 20.3 Å². The van der Waals surface area contributed by atoms with Crippen molar-refractivity contribution in [3.05, 3.63) is 34.6 Å². The first-order valence-electron chi connectivity index (χ1n) is 6.53. The Morgan fingerprint density at radius 2 is 2.11 bits per heavy atom. The zero-order chi connectivity index (χ0) is 14.5. The average Bonchev–Trinajstić information content (AvgIpc) is 2.37. The smallest absolute Gasteiger partial charge is 0.141 e. The summed E-state index contributed by atoms with van der Waals surface area (Å²) in [7, 11) is 1.71. The van der Waals surface area contributed by atoms with E-state index in [1.54, 1.807) is 19.2 Å². The fourth-order valence-electron chi connectivity index (χ4n) is 1.80. The Balaban J connectivity index is 2.54. The number of ether oxygens (including phenoxy) is 1. The summed E-state index contributed by atoms with van der Waals surface area (Å²) in [6.07, 6.45) is 0.993. The van der Waals surface area contributed by atoms with Gasteiger partial charge in [-0.2, -0.15) is 0 Å². The predicted molar refractivity (Wildman–Crippen MR) is 78.1 cm³/mol. The maximum Gasteiger partial charge on any atom is 0.141 e. The zero-order valence-corrected chi connectivity index (χ0v) is 12.9. The van der Waals surface area contributed by atoms with Crippen LogP contribution >= 0.6 is 11.6 Å². The largest absolute Gasteiger partial charge is 0.385 e. The van der Waals surface area contributed by atoms with Crippen molar-refractivity contribution >= 4 is 11.6 Å². The van der Waals surface area contributed by atoms with Gasteiger partial charge in [0.05, 0.1) is 5.02 Å². The normalized spacial score (nSPS) is 13.6. The van der Waals surface area contributed by atoms with Gasteiger partial charge >= 0.3 is 0 Å². The SMILES string of the molecule is COCCC(C)(C)CNC(C)c1ccc(F)c(Cl)c1. The van der Waals surface area contributed by atoms with Gasteiger partial charge in [0.1, 0.15) is 5.82 Å². The van der Waals surface area contributed by atoms with Crippen molar-refractivity contribution in [1.82, 2.24) is 5.32 Å². The molecule has 0 aliphatic carbocycles.